The molecule has 1 unspecified atom stereocenters. The normalized spacial score (nSPS) is 13.4. The van der Waals surface area contributed by atoms with Crippen LogP contribution in [0.2, 0.25) is 5.02 Å². The molecule has 0 saturated carbocycles. The van der Waals surface area contributed by atoms with E-state index in [0.29, 0.717) is 0 Å². The largest absolute Gasteiger partial charge is 0.478 e. The van der Waals surface area contributed by atoms with Gasteiger partial charge in [0.1, 0.15) is 0 Å². The van der Waals surface area contributed by atoms with Crippen LogP contribution in [0.3, 0.4) is 0 Å². The maximum atomic E-state index is 12.4. The van der Waals surface area contributed by atoms with Gasteiger partial charge < -0.3 is 5.11 Å². The maximum absolute atomic E-state index is 12.4. The van der Waals surface area contributed by atoms with E-state index in [1.54, 1.807) is 0 Å². The summed E-state index contributed by atoms with van der Waals surface area (Å²) in [4.78, 5) is 10.9. The van der Waals surface area contributed by atoms with Gasteiger partial charge in [0.2, 0.25) is 10.0 Å². The minimum atomic E-state index is -3.72. The van der Waals surface area contributed by atoms with Crippen LogP contribution in [0.15, 0.2) is 23.1 Å². The van der Waals surface area contributed by atoms with E-state index in [-0.39, 0.29) is 21.5 Å². The number of halogens is 1. The van der Waals surface area contributed by atoms with E-state index in [1.807, 2.05) is 13.8 Å². The third-order valence-corrected chi connectivity index (χ3v) is 5.47. The van der Waals surface area contributed by atoms with Crippen LogP contribution in [-0.4, -0.2) is 36.9 Å². The molecule has 1 aromatic rings. The Balaban J connectivity index is 3.22. The van der Waals surface area contributed by atoms with E-state index in [9.17, 15) is 13.2 Å². The standard InChI is InChI=1S/C13H18ClNO4S/c1-4-5-9(2)15(3)20(18,19)10-6-7-12(14)11(8-10)13(16)17/h6-9H,4-5H2,1-3H3,(H,16,17). The fourth-order valence-electron chi connectivity index (χ4n) is 1.83. The first-order valence-corrected chi connectivity index (χ1v) is 8.04. The van der Waals surface area contributed by atoms with Crippen molar-refractivity contribution in [1.82, 2.24) is 4.31 Å². The molecule has 112 valence electrons. The number of hydrogen-bond donors (Lipinski definition) is 1. The third-order valence-electron chi connectivity index (χ3n) is 3.17. The molecule has 0 aliphatic heterocycles. The van der Waals surface area contributed by atoms with Crippen molar-refractivity contribution >= 4 is 27.6 Å². The Morgan fingerprint density at radius 3 is 2.55 bits per heavy atom. The number of rotatable bonds is 6. The van der Waals surface area contributed by atoms with Crippen molar-refractivity contribution in [2.75, 3.05) is 7.05 Å². The van der Waals surface area contributed by atoms with E-state index in [0.717, 1.165) is 18.9 Å². The molecule has 0 amide bonds. The van der Waals surface area contributed by atoms with Crippen LogP contribution in [0, 0.1) is 0 Å². The zero-order valence-corrected chi connectivity index (χ0v) is 13.2. The van der Waals surface area contributed by atoms with Crippen molar-refractivity contribution < 1.29 is 18.3 Å². The minimum absolute atomic E-state index is 0.0145. The molecule has 1 atom stereocenters. The van der Waals surface area contributed by atoms with Crippen LogP contribution in [0.25, 0.3) is 0 Å². The summed E-state index contributed by atoms with van der Waals surface area (Å²) in [5.74, 6) is -1.25. The fourth-order valence-corrected chi connectivity index (χ4v) is 3.45. The van der Waals surface area contributed by atoms with Gasteiger partial charge >= 0.3 is 5.97 Å². The average Bonchev–Trinajstić information content (AvgIpc) is 2.37. The number of benzene rings is 1. The van der Waals surface area contributed by atoms with Crippen LogP contribution in [0.5, 0.6) is 0 Å². The van der Waals surface area contributed by atoms with Crippen LogP contribution < -0.4 is 0 Å². The van der Waals surface area contributed by atoms with Gasteiger partial charge in [-0.1, -0.05) is 24.9 Å². The summed E-state index contributed by atoms with van der Waals surface area (Å²) in [5.41, 5.74) is -0.218. The molecule has 0 aromatic heterocycles. The summed E-state index contributed by atoms with van der Waals surface area (Å²) < 4.78 is 26.1. The van der Waals surface area contributed by atoms with Gasteiger partial charge in [-0.15, -0.1) is 0 Å². The van der Waals surface area contributed by atoms with Crippen molar-refractivity contribution in [2.45, 2.75) is 37.6 Å². The number of hydrogen-bond acceptors (Lipinski definition) is 3. The highest BCUT2D eigenvalue weighted by atomic mass is 35.5. The first-order chi connectivity index (χ1) is 9.21. The first-order valence-electron chi connectivity index (χ1n) is 6.22. The molecule has 0 saturated heterocycles. The molecule has 0 spiro atoms. The smallest absolute Gasteiger partial charge is 0.337 e. The molecule has 1 N–H and O–H groups in total. The quantitative estimate of drug-likeness (QED) is 0.875. The topological polar surface area (TPSA) is 74.7 Å². The highest BCUT2D eigenvalue weighted by Gasteiger charge is 2.26. The van der Waals surface area contributed by atoms with Gasteiger partial charge in [0.05, 0.1) is 15.5 Å². The summed E-state index contributed by atoms with van der Waals surface area (Å²) in [5, 5.41) is 9.01. The van der Waals surface area contributed by atoms with Gasteiger partial charge in [0.25, 0.3) is 0 Å². The number of aromatic carboxylic acids is 1. The summed E-state index contributed by atoms with van der Waals surface area (Å²) in [6.07, 6.45) is 1.59. The minimum Gasteiger partial charge on any atom is -0.478 e. The Morgan fingerprint density at radius 2 is 2.05 bits per heavy atom. The molecule has 5 nitrogen and oxygen atoms in total. The Kier molecular flexibility index (Phi) is 5.56. The highest BCUT2D eigenvalue weighted by Crippen LogP contribution is 2.24. The van der Waals surface area contributed by atoms with Crippen molar-refractivity contribution in [3.05, 3.63) is 28.8 Å². The Bertz CT molecular complexity index is 600. The second kappa shape index (κ2) is 6.56. The lowest BCUT2D eigenvalue weighted by atomic mass is 10.2. The monoisotopic (exact) mass is 319 g/mol. The third kappa shape index (κ3) is 3.50. The Morgan fingerprint density at radius 1 is 1.45 bits per heavy atom. The van der Waals surface area contributed by atoms with E-state index >= 15 is 0 Å². The zero-order chi connectivity index (χ0) is 15.5. The highest BCUT2D eigenvalue weighted by molar-refractivity contribution is 7.89. The number of nitrogens with zero attached hydrogens (tertiary/aromatic N) is 1. The molecule has 0 aliphatic rings. The maximum Gasteiger partial charge on any atom is 0.337 e. The summed E-state index contributed by atoms with van der Waals surface area (Å²) in [6.45, 7) is 3.79. The van der Waals surface area contributed by atoms with Crippen LogP contribution >= 0.6 is 11.6 Å². The molecular weight excluding hydrogens is 302 g/mol. The van der Waals surface area contributed by atoms with Crippen molar-refractivity contribution in [2.24, 2.45) is 0 Å². The number of sulfonamides is 1. The Hall–Kier alpha value is -1.11. The average molecular weight is 320 g/mol. The molecule has 20 heavy (non-hydrogen) atoms. The lowest BCUT2D eigenvalue weighted by Gasteiger charge is -2.24. The molecule has 1 rings (SSSR count). The molecule has 0 fully saturated rings. The van der Waals surface area contributed by atoms with Gasteiger partial charge in [-0.05, 0) is 31.5 Å². The zero-order valence-electron chi connectivity index (χ0n) is 11.6. The van der Waals surface area contributed by atoms with E-state index in [2.05, 4.69) is 0 Å². The van der Waals surface area contributed by atoms with Gasteiger partial charge in [0, 0.05) is 13.1 Å². The molecule has 0 radical (unpaired) electrons. The molecule has 1 aromatic carbocycles. The molecule has 0 heterocycles. The Labute approximate surface area is 124 Å². The van der Waals surface area contributed by atoms with Crippen LogP contribution in [0.4, 0.5) is 0 Å². The van der Waals surface area contributed by atoms with Crippen LogP contribution in [-0.2, 0) is 10.0 Å². The summed E-state index contributed by atoms with van der Waals surface area (Å²) in [7, 11) is -2.23. The van der Waals surface area contributed by atoms with E-state index in [1.165, 1.54) is 23.5 Å². The number of carboxylic acid groups (broad SMARTS) is 1. The lowest BCUT2D eigenvalue weighted by Crippen LogP contribution is -2.35. The number of carboxylic acids is 1. The van der Waals surface area contributed by atoms with Crippen molar-refractivity contribution in [3.8, 4) is 0 Å². The molecule has 0 bridgehead atoms. The van der Waals surface area contributed by atoms with E-state index < -0.39 is 16.0 Å². The van der Waals surface area contributed by atoms with Crippen molar-refractivity contribution in [1.29, 1.82) is 0 Å². The second-order valence-corrected chi connectivity index (χ2v) is 7.01. The first kappa shape index (κ1) is 16.9. The molecule has 0 aliphatic carbocycles. The van der Waals surface area contributed by atoms with Gasteiger partial charge in [-0.25, -0.2) is 13.2 Å². The number of carbonyl (C=O) groups is 1. The van der Waals surface area contributed by atoms with Crippen molar-refractivity contribution in [3.63, 3.8) is 0 Å². The van der Waals surface area contributed by atoms with Gasteiger partial charge in [-0.3, -0.25) is 0 Å². The van der Waals surface area contributed by atoms with Crippen LogP contribution in [0.1, 0.15) is 37.0 Å². The predicted octanol–water partition coefficient (Wildman–Crippen LogP) is 2.85. The van der Waals surface area contributed by atoms with E-state index in [4.69, 9.17) is 16.7 Å². The van der Waals surface area contributed by atoms with Gasteiger partial charge in [0.15, 0.2) is 0 Å². The summed E-state index contributed by atoms with van der Waals surface area (Å²) >= 11 is 5.74. The summed E-state index contributed by atoms with van der Waals surface area (Å²) in [6, 6.07) is 3.54. The molecular formula is C13H18ClNO4S. The van der Waals surface area contributed by atoms with Gasteiger partial charge in [-0.2, -0.15) is 4.31 Å². The fraction of sp³-hybridized carbons (Fsp3) is 0.462. The SMILES string of the molecule is CCCC(C)N(C)S(=O)(=O)c1ccc(Cl)c(C(=O)O)c1. The second-order valence-electron chi connectivity index (χ2n) is 4.61. The molecule has 7 heteroatoms. The predicted molar refractivity (Wildman–Crippen MR) is 77.7 cm³/mol. The lowest BCUT2D eigenvalue weighted by molar-refractivity contribution is 0.0697.